The Balaban J connectivity index is 1.98. The molecule has 3 heteroatoms. The minimum Gasteiger partial charge on any atom is -0.382 e. The van der Waals surface area contributed by atoms with Crippen LogP contribution < -0.4 is 5.32 Å². The van der Waals surface area contributed by atoms with Gasteiger partial charge in [-0.25, -0.2) is 0 Å². The van der Waals surface area contributed by atoms with E-state index >= 15 is 0 Å². The van der Waals surface area contributed by atoms with Crippen molar-refractivity contribution in [2.24, 2.45) is 0 Å². The van der Waals surface area contributed by atoms with E-state index in [1.165, 1.54) is 32.1 Å². The van der Waals surface area contributed by atoms with Crippen LogP contribution in [0.2, 0.25) is 0 Å². The van der Waals surface area contributed by atoms with E-state index in [4.69, 9.17) is 9.47 Å². The van der Waals surface area contributed by atoms with Crippen molar-refractivity contribution in [1.29, 1.82) is 0 Å². The highest BCUT2D eigenvalue weighted by Gasteiger charge is 2.15. The van der Waals surface area contributed by atoms with E-state index in [1.807, 2.05) is 0 Å². The van der Waals surface area contributed by atoms with Gasteiger partial charge in [-0.05, 0) is 19.8 Å². The molecule has 1 rings (SSSR count). The average molecular weight is 215 g/mol. The van der Waals surface area contributed by atoms with Crippen molar-refractivity contribution in [2.75, 3.05) is 26.9 Å². The highest BCUT2D eigenvalue weighted by atomic mass is 16.5. The predicted octanol–water partition coefficient (Wildman–Crippen LogP) is 1.96. The summed E-state index contributed by atoms with van der Waals surface area (Å²) < 4.78 is 10.4. The van der Waals surface area contributed by atoms with Crippen molar-refractivity contribution in [3.8, 4) is 0 Å². The van der Waals surface area contributed by atoms with Crippen molar-refractivity contribution >= 4 is 0 Å². The average Bonchev–Trinajstić information content (AvgIpc) is 2.26. The number of methoxy groups -OCH3 is 1. The fraction of sp³-hybridized carbons (Fsp3) is 1.00. The summed E-state index contributed by atoms with van der Waals surface area (Å²) >= 11 is 0. The molecule has 15 heavy (non-hydrogen) atoms. The van der Waals surface area contributed by atoms with Crippen LogP contribution in [0.15, 0.2) is 0 Å². The van der Waals surface area contributed by atoms with Crippen LogP contribution >= 0.6 is 0 Å². The highest BCUT2D eigenvalue weighted by Crippen LogP contribution is 2.17. The van der Waals surface area contributed by atoms with Gasteiger partial charge < -0.3 is 14.8 Å². The van der Waals surface area contributed by atoms with Crippen LogP contribution in [-0.4, -0.2) is 39.0 Å². The minimum atomic E-state index is 0.463. The topological polar surface area (TPSA) is 30.5 Å². The van der Waals surface area contributed by atoms with Crippen LogP contribution in [0.4, 0.5) is 0 Å². The minimum absolute atomic E-state index is 0.463. The molecule has 0 saturated heterocycles. The maximum Gasteiger partial charge on any atom is 0.0701 e. The van der Waals surface area contributed by atoms with Crippen molar-refractivity contribution in [2.45, 2.75) is 51.1 Å². The van der Waals surface area contributed by atoms with E-state index < -0.39 is 0 Å². The third kappa shape index (κ3) is 6.13. The third-order valence-electron chi connectivity index (χ3n) is 2.93. The molecular formula is C12H25NO2. The summed E-state index contributed by atoms with van der Waals surface area (Å²) in [7, 11) is 1.70. The fourth-order valence-electron chi connectivity index (χ4n) is 2.12. The molecule has 1 fully saturated rings. The Morgan fingerprint density at radius 3 is 2.60 bits per heavy atom. The summed E-state index contributed by atoms with van der Waals surface area (Å²) in [6.07, 6.45) is 6.85. The Kier molecular flexibility index (Phi) is 6.98. The van der Waals surface area contributed by atoms with Crippen molar-refractivity contribution in [3.63, 3.8) is 0 Å². The molecule has 0 aliphatic heterocycles. The summed E-state index contributed by atoms with van der Waals surface area (Å²) in [4.78, 5) is 0. The van der Waals surface area contributed by atoms with Gasteiger partial charge in [0.15, 0.2) is 0 Å². The Morgan fingerprint density at radius 1 is 1.20 bits per heavy atom. The second-order valence-electron chi connectivity index (χ2n) is 4.47. The van der Waals surface area contributed by atoms with Crippen molar-refractivity contribution < 1.29 is 9.47 Å². The summed E-state index contributed by atoms with van der Waals surface area (Å²) in [5.74, 6) is 0. The molecule has 0 aromatic carbocycles. The maximum atomic E-state index is 5.49. The molecule has 0 spiro atoms. The summed E-state index contributed by atoms with van der Waals surface area (Å²) in [5, 5.41) is 3.63. The molecule has 0 radical (unpaired) electrons. The second-order valence-corrected chi connectivity index (χ2v) is 4.47. The Morgan fingerprint density at radius 2 is 1.93 bits per heavy atom. The lowest BCUT2D eigenvalue weighted by Gasteiger charge is -2.26. The summed E-state index contributed by atoms with van der Waals surface area (Å²) in [5.41, 5.74) is 0. The quantitative estimate of drug-likeness (QED) is 0.659. The Bertz CT molecular complexity index is 147. The highest BCUT2D eigenvalue weighted by molar-refractivity contribution is 4.74. The smallest absolute Gasteiger partial charge is 0.0701 e. The molecular weight excluding hydrogens is 190 g/mol. The molecule has 1 aliphatic carbocycles. The van der Waals surface area contributed by atoms with Gasteiger partial charge in [0.2, 0.25) is 0 Å². The van der Waals surface area contributed by atoms with Crippen LogP contribution in [0, 0.1) is 0 Å². The summed E-state index contributed by atoms with van der Waals surface area (Å²) in [6, 6.07) is 1.18. The molecule has 1 unspecified atom stereocenters. The first-order chi connectivity index (χ1) is 7.33. The van der Waals surface area contributed by atoms with E-state index in [-0.39, 0.29) is 0 Å². The molecule has 0 aromatic heterocycles. The Hall–Kier alpha value is -0.120. The van der Waals surface area contributed by atoms with E-state index in [1.54, 1.807) is 7.11 Å². The molecule has 1 saturated carbocycles. The zero-order chi connectivity index (χ0) is 10.9. The summed E-state index contributed by atoms with van der Waals surface area (Å²) in [6.45, 7) is 4.38. The van der Waals surface area contributed by atoms with Crippen LogP contribution in [0.1, 0.15) is 39.0 Å². The van der Waals surface area contributed by atoms with Gasteiger partial charge in [-0.15, -0.1) is 0 Å². The van der Waals surface area contributed by atoms with Gasteiger partial charge in [-0.1, -0.05) is 19.3 Å². The van der Waals surface area contributed by atoms with Crippen LogP contribution in [-0.2, 0) is 9.47 Å². The zero-order valence-electron chi connectivity index (χ0n) is 10.1. The van der Waals surface area contributed by atoms with E-state index in [2.05, 4.69) is 12.2 Å². The van der Waals surface area contributed by atoms with Gasteiger partial charge in [0.25, 0.3) is 0 Å². The van der Waals surface area contributed by atoms with Gasteiger partial charge in [0.05, 0.1) is 19.8 Å². The number of nitrogens with one attached hydrogen (secondary N) is 1. The SMILES string of the molecule is COCCOCC(C)NC1CCCCC1. The molecule has 1 atom stereocenters. The van der Waals surface area contributed by atoms with Crippen LogP contribution in [0.25, 0.3) is 0 Å². The fourth-order valence-corrected chi connectivity index (χ4v) is 2.12. The normalized spacial score (nSPS) is 20.4. The predicted molar refractivity (Wildman–Crippen MR) is 62.2 cm³/mol. The number of hydrogen-bond donors (Lipinski definition) is 1. The van der Waals surface area contributed by atoms with E-state index in [0.29, 0.717) is 19.3 Å². The molecule has 0 aromatic rings. The van der Waals surface area contributed by atoms with Gasteiger partial charge in [0.1, 0.15) is 0 Å². The number of rotatable bonds is 7. The lowest BCUT2D eigenvalue weighted by atomic mass is 9.95. The monoisotopic (exact) mass is 215 g/mol. The molecule has 0 amide bonds. The van der Waals surface area contributed by atoms with Crippen molar-refractivity contribution in [3.05, 3.63) is 0 Å². The zero-order valence-corrected chi connectivity index (χ0v) is 10.1. The van der Waals surface area contributed by atoms with Gasteiger partial charge >= 0.3 is 0 Å². The first-order valence-corrected chi connectivity index (χ1v) is 6.15. The van der Waals surface area contributed by atoms with Crippen LogP contribution in [0.3, 0.4) is 0 Å². The molecule has 1 N–H and O–H groups in total. The molecule has 90 valence electrons. The number of hydrogen-bond acceptors (Lipinski definition) is 3. The van der Waals surface area contributed by atoms with Crippen LogP contribution in [0.5, 0.6) is 0 Å². The molecule has 0 bridgehead atoms. The first kappa shape index (κ1) is 12.9. The number of ether oxygens (including phenoxy) is 2. The molecule has 0 heterocycles. The van der Waals surface area contributed by atoms with Gasteiger partial charge in [-0.2, -0.15) is 0 Å². The third-order valence-corrected chi connectivity index (χ3v) is 2.93. The van der Waals surface area contributed by atoms with Crippen molar-refractivity contribution in [1.82, 2.24) is 5.32 Å². The lowest BCUT2D eigenvalue weighted by Crippen LogP contribution is -2.40. The van der Waals surface area contributed by atoms with Gasteiger partial charge in [-0.3, -0.25) is 0 Å². The molecule has 1 aliphatic rings. The lowest BCUT2D eigenvalue weighted by molar-refractivity contribution is 0.0585. The standard InChI is InChI=1S/C12H25NO2/c1-11(10-15-9-8-14-2)13-12-6-4-3-5-7-12/h11-13H,3-10H2,1-2H3. The van der Waals surface area contributed by atoms with E-state index in [0.717, 1.165) is 12.6 Å². The largest absolute Gasteiger partial charge is 0.382 e. The second kappa shape index (κ2) is 8.08. The Labute approximate surface area is 93.5 Å². The first-order valence-electron chi connectivity index (χ1n) is 6.15. The van der Waals surface area contributed by atoms with E-state index in [9.17, 15) is 0 Å². The molecule has 3 nitrogen and oxygen atoms in total. The maximum absolute atomic E-state index is 5.49. The van der Waals surface area contributed by atoms with Gasteiger partial charge in [0, 0.05) is 19.2 Å².